The third-order valence-electron chi connectivity index (χ3n) is 10.2. The number of likely N-dealkylation sites (tertiary alicyclic amines) is 1. The fraction of sp³-hybridized carbons (Fsp3) is 0.486. The number of ether oxygens (including phenoxy) is 1. The van der Waals surface area contributed by atoms with E-state index in [0.717, 1.165) is 22.4 Å². The molecule has 3 aliphatic rings. The summed E-state index contributed by atoms with van der Waals surface area (Å²) >= 11 is 0. The summed E-state index contributed by atoms with van der Waals surface area (Å²) < 4.78 is 6.93. The van der Waals surface area contributed by atoms with Crippen LogP contribution >= 0.6 is 0 Å². The van der Waals surface area contributed by atoms with Crippen molar-refractivity contribution in [3.05, 3.63) is 90.5 Å². The van der Waals surface area contributed by atoms with Gasteiger partial charge in [0.25, 0.3) is 5.91 Å². The molecule has 2 aromatic carbocycles. The van der Waals surface area contributed by atoms with Crippen LogP contribution in [-0.4, -0.2) is 75.6 Å². The smallest absolute Gasteiger partial charge is 0.253 e. The van der Waals surface area contributed by atoms with Crippen LogP contribution < -0.4 is 4.90 Å². The Kier molecular flexibility index (Phi) is 9.11. The molecule has 0 radical (unpaired) electrons. The predicted octanol–water partition coefficient (Wildman–Crippen LogP) is 4.82. The van der Waals surface area contributed by atoms with E-state index in [2.05, 4.69) is 13.2 Å². The lowest BCUT2D eigenvalue weighted by Crippen LogP contribution is -2.60. The zero-order chi connectivity index (χ0) is 32.7. The van der Waals surface area contributed by atoms with E-state index in [4.69, 9.17) is 4.74 Å². The van der Waals surface area contributed by atoms with E-state index < -0.39 is 35.1 Å². The van der Waals surface area contributed by atoms with Gasteiger partial charge in [-0.15, -0.1) is 13.2 Å². The lowest BCUT2D eigenvalue weighted by molar-refractivity contribution is -0.153. The highest BCUT2D eigenvalue weighted by atomic mass is 16.5. The SMILES string of the molecule is C=CCN(Cc1ccccc1)C(=O)[C@H]1[C@H]2C(=O)N([C@@H](CO)C(C)C)C(C(=O)N(CC=C)c3c(C)cccc3C)C23CC[C@]1(C)O3. The highest BCUT2D eigenvalue weighted by Gasteiger charge is 2.79. The third-order valence-corrected chi connectivity index (χ3v) is 10.2. The third kappa shape index (κ3) is 5.32. The number of anilines is 1. The van der Waals surface area contributed by atoms with Gasteiger partial charge in [0.15, 0.2) is 0 Å². The van der Waals surface area contributed by atoms with Crippen LogP contribution in [0.5, 0.6) is 0 Å². The molecule has 0 saturated carbocycles. The van der Waals surface area contributed by atoms with E-state index in [0.29, 0.717) is 25.9 Å². The molecule has 0 aliphatic carbocycles. The molecule has 45 heavy (non-hydrogen) atoms. The summed E-state index contributed by atoms with van der Waals surface area (Å²) in [6.45, 7) is 18.1. The Morgan fingerprint density at radius 2 is 1.67 bits per heavy atom. The van der Waals surface area contributed by atoms with E-state index >= 15 is 4.79 Å². The first-order valence-electron chi connectivity index (χ1n) is 16.0. The molecule has 3 fully saturated rings. The number of hydrogen-bond donors (Lipinski definition) is 1. The second kappa shape index (κ2) is 12.6. The van der Waals surface area contributed by atoms with Gasteiger partial charge >= 0.3 is 0 Å². The Labute approximate surface area is 267 Å². The fourth-order valence-electron chi connectivity index (χ4n) is 8.18. The maximum atomic E-state index is 15.0. The first-order chi connectivity index (χ1) is 21.5. The van der Waals surface area contributed by atoms with Gasteiger partial charge in [0, 0.05) is 25.3 Å². The van der Waals surface area contributed by atoms with Gasteiger partial charge in [-0.3, -0.25) is 14.4 Å². The van der Waals surface area contributed by atoms with Crippen molar-refractivity contribution < 1.29 is 24.2 Å². The summed E-state index contributed by atoms with van der Waals surface area (Å²) in [6, 6.07) is 14.0. The molecule has 240 valence electrons. The van der Waals surface area contributed by atoms with Gasteiger partial charge in [0.2, 0.25) is 11.8 Å². The Morgan fingerprint density at radius 1 is 1.02 bits per heavy atom. The first-order valence-corrected chi connectivity index (χ1v) is 16.0. The number of fused-ring (bicyclic) bond motifs is 1. The molecule has 3 heterocycles. The standard InChI is InChI=1S/C37H47N3O5/c1-8-20-38(22-27-16-11-10-12-17-27)33(42)29-30-34(43)40(28(23-41)24(3)4)32(37(30)19-18-36(29,7)45-37)35(44)39(21-9-2)31-25(5)14-13-15-26(31)6/h8-17,24,28-30,32,41H,1-2,18-23H2,3-7H3/t28-,29+,30-,32?,36-,37?/m0/s1. The van der Waals surface area contributed by atoms with E-state index in [1.807, 2.05) is 83.1 Å². The van der Waals surface area contributed by atoms with Gasteiger partial charge in [-0.25, -0.2) is 0 Å². The fourth-order valence-corrected chi connectivity index (χ4v) is 8.18. The minimum atomic E-state index is -1.21. The van der Waals surface area contributed by atoms with Crippen molar-refractivity contribution in [3.63, 3.8) is 0 Å². The number of nitrogens with zero attached hydrogens (tertiary/aromatic N) is 3. The second-order valence-electron chi connectivity index (χ2n) is 13.4. The highest BCUT2D eigenvalue weighted by Crippen LogP contribution is 2.64. The van der Waals surface area contributed by atoms with Gasteiger partial charge in [0.1, 0.15) is 11.6 Å². The molecule has 5 rings (SSSR count). The Balaban J connectivity index is 1.63. The van der Waals surface area contributed by atoms with Crippen molar-refractivity contribution in [2.45, 2.75) is 77.3 Å². The summed E-state index contributed by atoms with van der Waals surface area (Å²) in [4.78, 5) is 49.4. The van der Waals surface area contributed by atoms with Crippen LogP contribution in [0.15, 0.2) is 73.8 Å². The maximum Gasteiger partial charge on any atom is 0.253 e. The molecule has 2 bridgehead atoms. The lowest BCUT2D eigenvalue weighted by Gasteiger charge is -2.41. The number of para-hydroxylation sites is 1. The van der Waals surface area contributed by atoms with Crippen LogP contribution in [0, 0.1) is 31.6 Å². The summed E-state index contributed by atoms with van der Waals surface area (Å²) in [5.41, 5.74) is 1.45. The number of aryl methyl sites for hydroxylation is 2. The minimum Gasteiger partial charge on any atom is -0.394 e. The summed E-state index contributed by atoms with van der Waals surface area (Å²) in [7, 11) is 0. The van der Waals surface area contributed by atoms with Crippen LogP contribution in [0.4, 0.5) is 5.69 Å². The zero-order valence-electron chi connectivity index (χ0n) is 27.2. The number of rotatable bonds is 12. The number of aliphatic hydroxyl groups excluding tert-OH is 1. The number of amides is 3. The minimum absolute atomic E-state index is 0.144. The van der Waals surface area contributed by atoms with Crippen molar-refractivity contribution >= 4 is 23.4 Å². The molecular weight excluding hydrogens is 566 g/mol. The number of aliphatic hydroxyl groups is 1. The summed E-state index contributed by atoms with van der Waals surface area (Å²) in [5, 5.41) is 10.6. The van der Waals surface area contributed by atoms with Crippen molar-refractivity contribution in [1.82, 2.24) is 9.80 Å². The summed E-state index contributed by atoms with van der Waals surface area (Å²) in [6.07, 6.45) is 4.37. The largest absolute Gasteiger partial charge is 0.394 e. The van der Waals surface area contributed by atoms with Gasteiger partial charge in [-0.05, 0) is 56.2 Å². The van der Waals surface area contributed by atoms with Crippen LogP contribution in [0.3, 0.4) is 0 Å². The average molecular weight is 614 g/mol. The van der Waals surface area contributed by atoms with Crippen LogP contribution in [-0.2, 0) is 25.7 Å². The van der Waals surface area contributed by atoms with E-state index in [9.17, 15) is 14.7 Å². The molecule has 1 spiro atoms. The Bertz CT molecular complexity index is 1450. The van der Waals surface area contributed by atoms with E-state index in [1.165, 1.54) is 0 Å². The molecule has 2 aromatic rings. The molecule has 1 N–H and O–H groups in total. The monoisotopic (exact) mass is 613 g/mol. The number of carbonyl (C=O) groups is 3. The Hall–Kier alpha value is -3.75. The van der Waals surface area contributed by atoms with Crippen molar-refractivity contribution in [2.75, 3.05) is 24.6 Å². The summed E-state index contributed by atoms with van der Waals surface area (Å²) in [5.74, 6) is -2.57. The quantitative estimate of drug-likeness (QED) is 0.347. The first kappa shape index (κ1) is 32.6. The highest BCUT2D eigenvalue weighted by molar-refractivity contribution is 6.06. The van der Waals surface area contributed by atoms with E-state index in [1.54, 1.807) is 26.9 Å². The zero-order valence-corrected chi connectivity index (χ0v) is 27.2. The number of carbonyl (C=O) groups excluding carboxylic acids is 3. The van der Waals surface area contributed by atoms with Crippen molar-refractivity contribution in [1.29, 1.82) is 0 Å². The van der Waals surface area contributed by atoms with Gasteiger partial charge in [0.05, 0.1) is 30.1 Å². The molecule has 6 atom stereocenters. The van der Waals surface area contributed by atoms with Crippen LogP contribution in [0.1, 0.15) is 50.3 Å². The number of benzene rings is 2. The average Bonchev–Trinajstić information content (AvgIpc) is 3.57. The van der Waals surface area contributed by atoms with Gasteiger partial charge in [-0.1, -0.05) is 74.5 Å². The number of hydrogen-bond acceptors (Lipinski definition) is 5. The van der Waals surface area contributed by atoms with Crippen molar-refractivity contribution in [2.24, 2.45) is 17.8 Å². The Morgan fingerprint density at radius 3 is 2.24 bits per heavy atom. The van der Waals surface area contributed by atoms with Gasteiger partial charge < -0.3 is 24.5 Å². The van der Waals surface area contributed by atoms with Crippen LogP contribution in [0.2, 0.25) is 0 Å². The molecule has 2 unspecified atom stereocenters. The van der Waals surface area contributed by atoms with E-state index in [-0.39, 0.29) is 36.8 Å². The normalized spacial score (nSPS) is 27.4. The topological polar surface area (TPSA) is 90.4 Å². The lowest BCUT2D eigenvalue weighted by atomic mass is 9.66. The molecule has 3 amide bonds. The molecule has 8 nitrogen and oxygen atoms in total. The van der Waals surface area contributed by atoms with Crippen molar-refractivity contribution in [3.8, 4) is 0 Å². The van der Waals surface area contributed by atoms with Crippen LogP contribution in [0.25, 0.3) is 0 Å². The predicted molar refractivity (Wildman–Crippen MR) is 175 cm³/mol. The van der Waals surface area contributed by atoms with Gasteiger partial charge in [-0.2, -0.15) is 0 Å². The molecule has 3 saturated heterocycles. The molecule has 0 aromatic heterocycles. The maximum absolute atomic E-state index is 15.0. The second-order valence-corrected chi connectivity index (χ2v) is 13.4. The molecular formula is C37H47N3O5. The molecule has 3 aliphatic heterocycles. The molecule has 8 heteroatoms.